The topological polar surface area (TPSA) is 241 Å². The first-order chi connectivity index (χ1) is 25.8. The molecule has 2 aliphatic rings. The van der Waals surface area contributed by atoms with Crippen molar-refractivity contribution in [3.05, 3.63) is 83.6 Å². The highest BCUT2D eigenvalue weighted by molar-refractivity contribution is 7.86. The van der Waals surface area contributed by atoms with Gasteiger partial charge in [-0.05, 0) is 82.0 Å². The summed E-state index contributed by atoms with van der Waals surface area (Å²) in [7, 11) is -17.7. The van der Waals surface area contributed by atoms with Gasteiger partial charge in [0, 0.05) is 60.3 Å². The van der Waals surface area contributed by atoms with E-state index < -0.39 is 62.8 Å². The summed E-state index contributed by atoms with van der Waals surface area (Å²) in [5.41, 5.74) is 1.96. The Morgan fingerprint density at radius 2 is 1.34 bits per heavy atom. The van der Waals surface area contributed by atoms with E-state index in [0.717, 1.165) is 0 Å². The molecule has 2 heterocycles. The van der Waals surface area contributed by atoms with Gasteiger partial charge in [-0.15, -0.1) is 0 Å². The highest BCUT2D eigenvalue weighted by Crippen LogP contribution is 2.51. The molecule has 308 valence electrons. The molecule has 1 atom stereocenters. The summed E-state index contributed by atoms with van der Waals surface area (Å²) < 4.78 is 135. The van der Waals surface area contributed by atoms with Crippen molar-refractivity contribution in [1.29, 1.82) is 0 Å². The third-order valence-electron chi connectivity index (χ3n) is 10.2. The normalized spacial score (nSPS) is 19.4. The second-order valence-electron chi connectivity index (χ2n) is 14.6. The fourth-order valence-electron chi connectivity index (χ4n) is 7.40. The minimum Gasteiger partial charge on any atom is -0.344 e. The molecule has 0 bridgehead atoms. The van der Waals surface area contributed by atoms with Crippen LogP contribution in [0.4, 0.5) is 11.4 Å². The van der Waals surface area contributed by atoms with E-state index in [1.165, 1.54) is 36.4 Å². The number of benzene rings is 2. The van der Waals surface area contributed by atoms with E-state index >= 15 is 0 Å². The lowest BCUT2D eigenvalue weighted by Crippen LogP contribution is -2.30. The second-order valence-corrected chi connectivity index (χ2v) is 20.6. The van der Waals surface area contributed by atoms with Crippen LogP contribution in [0.3, 0.4) is 0 Å². The third-order valence-corrected chi connectivity index (χ3v) is 13.6. The lowest BCUT2D eigenvalue weighted by atomic mass is 9.77. The van der Waals surface area contributed by atoms with E-state index in [1.54, 1.807) is 37.3 Å². The molecule has 0 saturated heterocycles. The number of nitrogens with zero attached hydrogens (tertiary/aromatic N) is 2. The number of ketones is 1. The Hall–Kier alpha value is -3.56. The van der Waals surface area contributed by atoms with Crippen LogP contribution in [0, 0.1) is 0 Å². The molecule has 0 radical (unpaired) electrons. The molecule has 0 aliphatic carbocycles. The SMILES string of the molecule is CCC(=O)CCCCC1(C)\C(=C/C=C/C=C/C2=[N+](CCCS(=O)(=O)O)c3ccc(S(=O)(=O)O)cc3C2(C)C)N(CCCS(=O)(=O)O)c2ccc(S(=O)(=O)O)cc21. The van der Waals surface area contributed by atoms with Crippen molar-refractivity contribution in [2.24, 2.45) is 0 Å². The monoisotopic (exact) mass is 857 g/mol. The van der Waals surface area contributed by atoms with E-state index in [2.05, 4.69) is 0 Å². The first-order valence-electron chi connectivity index (χ1n) is 17.9. The molecule has 2 aromatic rings. The van der Waals surface area contributed by atoms with Gasteiger partial charge in [0.05, 0.1) is 26.7 Å². The Kier molecular flexibility index (Phi) is 13.8. The van der Waals surface area contributed by atoms with Crippen LogP contribution in [0.2, 0.25) is 0 Å². The number of fused-ring (bicyclic) bond motifs is 2. The summed E-state index contributed by atoms with van der Waals surface area (Å²) in [5, 5.41) is 0. The molecule has 2 aromatic carbocycles. The molecule has 0 fully saturated rings. The Balaban J connectivity index is 1.78. The van der Waals surface area contributed by atoms with Crippen LogP contribution < -0.4 is 4.90 Å². The molecule has 2 aliphatic heterocycles. The van der Waals surface area contributed by atoms with E-state index in [4.69, 9.17) is 0 Å². The lowest BCUT2D eigenvalue weighted by molar-refractivity contribution is -0.437. The van der Waals surface area contributed by atoms with Gasteiger partial charge in [0.2, 0.25) is 5.69 Å². The van der Waals surface area contributed by atoms with E-state index in [1.807, 2.05) is 30.2 Å². The zero-order valence-electron chi connectivity index (χ0n) is 31.6. The number of anilines is 1. The first kappa shape index (κ1) is 45.1. The summed E-state index contributed by atoms with van der Waals surface area (Å²) in [4.78, 5) is 13.3. The molecule has 56 heavy (non-hydrogen) atoms. The fourth-order valence-corrected chi connectivity index (χ4v) is 9.40. The second kappa shape index (κ2) is 17.1. The van der Waals surface area contributed by atoms with E-state index in [9.17, 15) is 56.7 Å². The summed E-state index contributed by atoms with van der Waals surface area (Å²) in [6.45, 7) is 7.65. The maximum atomic E-state index is 12.2. The standard InChI is InChI=1S/C37H48N2O13S4/c1-5-27(40)13-9-10-20-37(4)31-26-29(56(50,51)52)17-19-33(31)39(22-12-24-54(44,45)46)35(37)15-8-6-7-14-34-36(2,3)30-25-28(55(47,48)49)16-18-32(30)38(34)21-11-23-53(41,42)43/h6-8,14-19,25-26H,5,9-13,20-24H2,1-4H3,(H3-,41,42,43,44,45,46,47,48,49,50,51,52)/p+1. The molecule has 0 amide bonds. The number of rotatable bonds is 19. The van der Waals surface area contributed by atoms with Crippen molar-refractivity contribution in [3.63, 3.8) is 0 Å². The summed E-state index contributed by atoms with van der Waals surface area (Å²) >= 11 is 0. The number of hydrogen-bond acceptors (Lipinski definition) is 10. The smallest absolute Gasteiger partial charge is 0.294 e. The van der Waals surface area contributed by atoms with E-state index in [-0.39, 0.29) is 41.5 Å². The van der Waals surface area contributed by atoms with Crippen molar-refractivity contribution in [3.8, 4) is 0 Å². The predicted octanol–water partition coefficient (Wildman–Crippen LogP) is 5.43. The number of allylic oxidation sites excluding steroid dienone is 6. The maximum Gasteiger partial charge on any atom is 0.294 e. The van der Waals surface area contributed by atoms with Gasteiger partial charge in [0.25, 0.3) is 40.5 Å². The average molecular weight is 858 g/mol. The molecule has 4 rings (SSSR count). The molecule has 19 heteroatoms. The van der Waals surface area contributed by atoms with Crippen LogP contribution in [0.1, 0.15) is 83.8 Å². The van der Waals surface area contributed by atoms with Crippen LogP contribution in [0.5, 0.6) is 0 Å². The Bertz CT molecular complexity index is 2430. The largest absolute Gasteiger partial charge is 0.344 e. The number of Topliss-reactive ketones (excluding diaryl/α,β-unsaturated/α-hetero) is 1. The number of unbranched alkanes of at least 4 members (excludes halogenated alkanes) is 1. The van der Waals surface area contributed by atoms with Crippen LogP contribution in [-0.4, -0.2) is 92.5 Å². The molecule has 1 unspecified atom stereocenters. The van der Waals surface area contributed by atoms with Gasteiger partial charge in [-0.3, -0.25) is 23.0 Å². The first-order valence-corrected chi connectivity index (χ1v) is 24.0. The summed E-state index contributed by atoms with van der Waals surface area (Å²) in [6.07, 6.45) is 11.2. The van der Waals surface area contributed by atoms with Crippen LogP contribution >= 0.6 is 0 Å². The quantitative estimate of drug-likeness (QED) is 0.0597. The molecular weight excluding hydrogens is 809 g/mol. The number of carbonyl (C=O) groups is 1. The van der Waals surface area contributed by atoms with Crippen LogP contribution in [0.25, 0.3) is 0 Å². The van der Waals surface area contributed by atoms with Gasteiger partial charge in [-0.1, -0.05) is 31.6 Å². The molecule has 0 spiro atoms. The van der Waals surface area contributed by atoms with Gasteiger partial charge >= 0.3 is 0 Å². The summed E-state index contributed by atoms with van der Waals surface area (Å²) in [5.74, 6) is -0.919. The highest BCUT2D eigenvalue weighted by Gasteiger charge is 2.45. The number of carbonyl (C=O) groups excluding carboxylic acids is 1. The zero-order chi connectivity index (χ0) is 41.9. The van der Waals surface area contributed by atoms with Crippen molar-refractivity contribution < 1.29 is 61.3 Å². The highest BCUT2D eigenvalue weighted by atomic mass is 32.2. The number of hydrogen-bond donors (Lipinski definition) is 4. The van der Waals surface area contributed by atoms with Gasteiger partial charge in [-0.25, -0.2) is 0 Å². The van der Waals surface area contributed by atoms with Crippen LogP contribution in [0.15, 0.2) is 82.3 Å². The minimum atomic E-state index is -4.58. The molecule has 0 saturated carbocycles. The maximum absolute atomic E-state index is 12.2. The minimum absolute atomic E-state index is 0.0288. The average Bonchev–Trinajstić information content (AvgIpc) is 3.43. The third kappa shape index (κ3) is 10.9. The molecular formula is C37H49N2O13S4+. The van der Waals surface area contributed by atoms with Crippen LogP contribution in [-0.2, 0) is 56.1 Å². The molecule has 4 N–H and O–H groups in total. The fraction of sp³-hybridized carbons (Fsp3) is 0.459. The van der Waals surface area contributed by atoms with E-state index in [0.29, 0.717) is 66.0 Å². The Morgan fingerprint density at radius 1 is 0.750 bits per heavy atom. The van der Waals surface area contributed by atoms with Crippen molar-refractivity contribution >= 4 is 63.3 Å². The van der Waals surface area contributed by atoms with Gasteiger partial charge < -0.3 is 4.90 Å². The van der Waals surface area contributed by atoms with Gasteiger partial charge in [0.15, 0.2) is 5.71 Å². The van der Waals surface area contributed by atoms with Gasteiger partial charge in [0.1, 0.15) is 12.3 Å². The molecule has 15 nitrogen and oxygen atoms in total. The zero-order valence-corrected chi connectivity index (χ0v) is 34.9. The molecule has 0 aromatic heterocycles. The van der Waals surface area contributed by atoms with Crippen molar-refractivity contribution in [1.82, 2.24) is 0 Å². The predicted molar refractivity (Wildman–Crippen MR) is 212 cm³/mol. The summed E-state index contributed by atoms with van der Waals surface area (Å²) in [6, 6.07) is 8.32. The van der Waals surface area contributed by atoms with Crippen molar-refractivity contribution in [2.75, 3.05) is 29.5 Å². The Labute approximate surface area is 329 Å². The Morgan fingerprint density at radius 3 is 1.93 bits per heavy atom. The van der Waals surface area contributed by atoms with Gasteiger partial charge in [-0.2, -0.15) is 38.2 Å². The lowest BCUT2D eigenvalue weighted by Gasteiger charge is -2.30. The van der Waals surface area contributed by atoms with Crippen molar-refractivity contribution in [2.45, 2.75) is 93.3 Å².